The third kappa shape index (κ3) is 34.9. The number of aliphatic hydroxyl groups excluding tert-OH is 2. The van der Waals surface area contributed by atoms with Crippen molar-refractivity contribution in [2.24, 2.45) is 0 Å². The van der Waals surface area contributed by atoms with E-state index in [4.69, 9.17) is 0 Å². The minimum absolute atomic E-state index is 0.0519. The number of allylic oxidation sites excluding steroid dienone is 14. The Bertz CT molecular complexity index is 895. The zero-order chi connectivity index (χ0) is 35.0. The van der Waals surface area contributed by atoms with E-state index in [9.17, 15) is 15.0 Å². The molecule has 0 heterocycles. The molecule has 2 unspecified atom stereocenters. The van der Waals surface area contributed by atoms with Gasteiger partial charge in [-0.1, -0.05) is 176 Å². The number of hydrogen-bond donors (Lipinski definition) is 3. The van der Waals surface area contributed by atoms with E-state index in [0.29, 0.717) is 12.8 Å². The number of hydrogen-bond acceptors (Lipinski definition) is 3. The number of carbonyl (C=O) groups is 1. The molecular weight excluding hydrogens is 590 g/mol. The molecule has 0 aliphatic carbocycles. The first-order valence-corrected chi connectivity index (χ1v) is 19.8. The highest BCUT2D eigenvalue weighted by Gasteiger charge is 2.19. The zero-order valence-corrected chi connectivity index (χ0v) is 31.2. The van der Waals surface area contributed by atoms with Crippen molar-refractivity contribution in [3.63, 3.8) is 0 Å². The smallest absolute Gasteiger partial charge is 0.220 e. The van der Waals surface area contributed by atoms with Crippen molar-refractivity contribution in [1.82, 2.24) is 5.32 Å². The van der Waals surface area contributed by atoms with Crippen LogP contribution in [0.5, 0.6) is 0 Å². The molecule has 0 aliphatic rings. The number of rotatable bonds is 34. The van der Waals surface area contributed by atoms with Crippen LogP contribution >= 0.6 is 0 Å². The maximum atomic E-state index is 12.2. The molecule has 0 aromatic carbocycles. The van der Waals surface area contributed by atoms with E-state index in [0.717, 1.165) is 77.0 Å². The van der Waals surface area contributed by atoms with E-state index in [1.54, 1.807) is 0 Å². The molecule has 0 spiro atoms. The lowest BCUT2D eigenvalue weighted by atomic mass is 10.0. The molecule has 2 atom stereocenters. The maximum Gasteiger partial charge on any atom is 0.220 e. The van der Waals surface area contributed by atoms with E-state index in [-0.39, 0.29) is 12.5 Å². The minimum atomic E-state index is -0.660. The van der Waals surface area contributed by atoms with Crippen molar-refractivity contribution < 1.29 is 15.0 Å². The van der Waals surface area contributed by atoms with Crippen LogP contribution in [0.15, 0.2) is 85.1 Å². The van der Waals surface area contributed by atoms with Gasteiger partial charge in [-0.3, -0.25) is 4.79 Å². The third-order valence-electron chi connectivity index (χ3n) is 8.42. The van der Waals surface area contributed by atoms with Gasteiger partial charge in [-0.25, -0.2) is 0 Å². The van der Waals surface area contributed by atoms with Crippen LogP contribution in [0.3, 0.4) is 0 Å². The standard InChI is InChI=1S/C44H75NO3/c1-3-5-7-8-9-10-11-12-13-14-15-16-17-18-19-20-21-22-23-24-25-26-27-28-29-30-31-32-33-34-35-36-38-40-44(48)45-42(41-46)43(47)39-37-6-4-2/h5,7,9-10,12-13,15-16,18-19,21-22,24-25,42-43,46-47H,3-4,6,8,11,14,17,20,23,26-41H2,1-2H3,(H,45,48)/b7-5-,10-9-,13-12-,16-15-,19-18-,22-21-,25-24-. The first kappa shape index (κ1) is 45.6. The van der Waals surface area contributed by atoms with Gasteiger partial charge in [-0.05, 0) is 70.6 Å². The molecule has 274 valence electrons. The van der Waals surface area contributed by atoms with Gasteiger partial charge in [0.2, 0.25) is 5.91 Å². The van der Waals surface area contributed by atoms with Gasteiger partial charge in [0.25, 0.3) is 0 Å². The van der Waals surface area contributed by atoms with E-state index in [2.05, 4.69) is 104 Å². The van der Waals surface area contributed by atoms with E-state index in [1.165, 1.54) is 64.2 Å². The predicted octanol–water partition coefficient (Wildman–Crippen LogP) is 12.1. The van der Waals surface area contributed by atoms with Crippen molar-refractivity contribution in [1.29, 1.82) is 0 Å². The van der Waals surface area contributed by atoms with Crippen LogP contribution in [-0.2, 0) is 4.79 Å². The largest absolute Gasteiger partial charge is 0.394 e. The summed E-state index contributed by atoms with van der Waals surface area (Å²) in [5.74, 6) is -0.0519. The molecular formula is C44H75NO3. The Morgan fingerprint density at radius 3 is 1.33 bits per heavy atom. The summed E-state index contributed by atoms with van der Waals surface area (Å²) in [5, 5.41) is 22.5. The number of nitrogens with one attached hydrogen (secondary N) is 1. The molecule has 0 fully saturated rings. The van der Waals surface area contributed by atoms with Crippen molar-refractivity contribution in [3.8, 4) is 0 Å². The first-order chi connectivity index (χ1) is 23.7. The van der Waals surface area contributed by atoms with Crippen LogP contribution in [0.1, 0.15) is 168 Å². The summed E-state index contributed by atoms with van der Waals surface area (Å²) in [6.07, 6.45) is 57.2. The van der Waals surface area contributed by atoms with Crippen LogP contribution in [-0.4, -0.2) is 34.9 Å². The van der Waals surface area contributed by atoms with Gasteiger partial charge < -0.3 is 15.5 Å². The van der Waals surface area contributed by atoms with E-state index >= 15 is 0 Å². The summed E-state index contributed by atoms with van der Waals surface area (Å²) in [4.78, 5) is 12.2. The molecule has 0 saturated carbocycles. The number of aliphatic hydroxyl groups is 2. The van der Waals surface area contributed by atoms with Crippen LogP contribution < -0.4 is 5.32 Å². The van der Waals surface area contributed by atoms with Crippen LogP contribution in [0, 0.1) is 0 Å². The molecule has 0 saturated heterocycles. The second kappa shape index (κ2) is 39.0. The molecule has 0 bridgehead atoms. The molecule has 0 rings (SSSR count). The lowest BCUT2D eigenvalue weighted by molar-refractivity contribution is -0.123. The second-order valence-corrected chi connectivity index (χ2v) is 13.0. The lowest BCUT2D eigenvalue weighted by Crippen LogP contribution is -2.45. The second-order valence-electron chi connectivity index (χ2n) is 13.0. The van der Waals surface area contributed by atoms with Gasteiger partial charge in [0.05, 0.1) is 18.8 Å². The average molecular weight is 666 g/mol. The Labute approximate surface area is 297 Å². The maximum absolute atomic E-state index is 12.2. The average Bonchev–Trinajstić information content (AvgIpc) is 3.09. The fourth-order valence-corrected chi connectivity index (χ4v) is 5.40. The molecule has 3 N–H and O–H groups in total. The van der Waals surface area contributed by atoms with Gasteiger partial charge in [0, 0.05) is 6.42 Å². The van der Waals surface area contributed by atoms with Crippen LogP contribution in [0.4, 0.5) is 0 Å². The Kier molecular flexibility index (Phi) is 37.0. The van der Waals surface area contributed by atoms with Gasteiger partial charge in [-0.15, -0.1) is 0 Å². The van der Waals surface area contributed by atoms with Crippen molar-refractivity contribution in [3.05, 3.63) is 85.1 Å². The summed E-state index contributed by atoms with van der Waals surface area (Å²) in [7, 11) is 0. The molecule has 48 heavy (non-hydrogen) atoms. The Balaban J connectivity index is 3.50. The summed E-state index contributed by atoms with van der Waals surface area (Å²) >= 11 is 0. The summed E-state index contributed by atoms with van der Waals surface area (Å²) < 4.78 is 0. The predicted molar refractivity (Wildman–Crippen MR) is 211 cm³/mol. The van der Waals surface area contributed by atoms with Gasteiger partial charge >= 0.3 is 0 Å². The van der Waals surface area contributed by atoms with Gasteiger partial charge in [-0.2, -0.15) is 0 Å². The van der Waals surface area contributed by atoms with Crippen LogP contribution in [0.2, 0.25) is 0 Å². The number of unbranched alkanes of at least 4 members (excludes halogenated alkanes) is 13. The van der Waals surface area contributed by atoms with E-state index < -0.39 is 12.1 Å². The zero-order valence-electron chi connectivity index (χ0n) is 31.2. The molecule has 4 nitrogen and oxygen atoms in total. The fraction of sp³-hybridized carbons (Fsp3) is 0.659. The van der Waals surface area contributed by atoms with Crippen molar-refractivity contribution >= 4 is 5.91 Å². The Hall–Kier alpha value is -2.43. The third-order valence-corrected chi connectivity index (χ3v) is 8.42. The summed E-state index contributed by atoms with van der Waals surface area (Å²) in [6, 6.07) is -0.537. The quantitative estimate of drug-likeness (QED) is 0.0473. The highest BCUT2D eigenvalue weighted by Crippen LogP contribution is 2.13. The van der Waals surface area contributed by atoms with Crippen molar-refractivity contribution in [2.45, 2.75) is 180 Å². The number of amides is 1. The SMILES string of the molecule is CC/C=C\C/C=C\C/C=C\C/C=C\C/C=C\C/C=C\C/C=C\CCCCCCCCCCCCCC(=O)NC(CO)C(O)CCCCC. The molecule has 0 radical (unpaired) electrons. The molecule has 4 heteroatoms. The monoisotopic (exact) mass is 666 g/mol. The normalized spacial score (nSPS) is 14.0. The number of carbonyl (C=O) groups excluding carboxylic acids is 1. The Morgan fingerprint density at radius 2 is 0.917 bits per heavy atom. The molecule has 0 aromatic heterocycles. The molecule has 0 aliphatic heterocycles. The summed E-state index contributed by atoms with van der Waals surface area (Å²) in [5.41, 5.74) is 0. The molecule has 1 amide bonds. The first-order valence-electron chi connectivity index (χ1n) is 19.8. The van der Waals surface area contributed by atoms with E-state index in [1.807, 2.05) is 0 Å². The van der Waals surface area contributed by atoms with Gasteiger partial charge in [0.1, 0.15) is 0 Å². The van der Waals surface area contributed by atoms with Crippen LogP contribution in [0.25, 0.3) is 0 Å². The fourth-order valence-electron chi connectivity index (χ4n) is 5.40. The highest BCUT2D eigenvalue weighted by atomic mass is 16.3. The summed E-state index contributed by atoms with van der Waals surface area (Å²) in [6.45, 7) is 4.08. The van der Waals surface area contributed by atoms with Crippen molar-refractivity contribution in [2.75, 3.05) is 6.61 Å². The topological polar surface area (TPSA) is 69.6 Å². The molecule has 0 aromatic rings. The lowest BCUT2D eigenvalue weighted by Gasteiger charge is -2.22. The highest BCUT2D eigenvalue weighted by molar-refractivity contribution is 5.76. The van der Waals surface area contributed by atoms with Gasteiger partial charge in [0.15, 0.2) is 0 Å². The Morgan fingerprint density at radius 1 is 0.521 bits per heavy atom. The minimum Gasteiger partial charge on any atom is -0.394 e.